The van der Waals surface area contributed by atoms with Crippen LogP contribution in [0.3, 0.4) is 0 Å². The normalized spacial score (nSPS) is 12.6. The number of carboxylic acid groups (broad SMARTS) is 1. The zero-order chi connectivity index (χ0) is 8.15. The van der Waals surface area contributed by atoms with E-state index >= 15 is 0 Å². The molecule has 0 rings (SSSR count). The average molecular weight is 209 g/mol. The summed E-state index contributed by atoms with van der Waals surface area (Å²) >= 11 is 2.86. The minimum Gasteiger partial charge on any atom is -0.480 e. The highest BCUT2D eigenvalue weighted by Gasteiger charge is 2.15. The van der Waals surface area contributed by atoms with Crippen LogP contribution in [0, 0.1) is 0 Å². The molecule has 0 heterocycles. The van der Waals surface area contributed by atoms with E-state index in [9.17, 15) is 9.59 Å². The van der Waals surface area contributed by atoms with Gasteiger partial charge in [0, 0.05) is 12.8 Å². The zero-order valence-electron chi connectivity index (χ0n) is 5.63. The first kappa shape index (κ1) is 9.62. The summed E-state index contributed by atoms with van der Waals surface area (Å²) in [4.78, 5) is 20.1. The van der Waals surface area contributed by atoms with Crippen molar-refractivity contribution in [3.63, 3.8) is 0 Å². The van der Waals surface area contributed by atoms with Gasteiger partial charge in [0.2, 0.25) is 0 Å². The van der Waals surface area contributed by atoms with Crippen LogP contribution in [0.2, 0.25) is 0 Å². The molecule has 0 aliphatic heterocycles. The molecule has 0 aromatic carbocycles. The highest BCUT2D eigenvalue weighted by Crippen LogP contribution is 2.06. The lowest BCUT2D eigenvalue weighted by Crippen LogP contribution is -2.16. The largest absolute Gasteiger partial charge is 0.480 e. The average Bonchev–Trinajstić information content (AvgIpc) is 1.87. The Labute approximate surface area is 67.5 Å². The Balaban J connectivity index is 3.68. The molecular formula is C6H9BrO3. The molecule has 1 N–H and O–H groups in total. The minimum atomic E-state index is -0.984. The molecule has 58 valence electrons. The Hall–Kier alpha value is -0.380. The van der Waals surface area contributed by atoms with Gasteiger partial charge in [-0.15, -0.1) is 0 Å². The Kier molecular flexibility index (Phi) is 4.27. The summed E-state index contributed by atoms with van der Waals surface area (Å²) in [6.45, 7) is 1.71. The first-order chi connectivity index (χ1) is 4.57. The first-order valence-electron chi connectivity index (χ1n) is 2.96. The number of halogens is 1. The van der Waals surface area contributed by atoms with Crippen LogP contribution in [0.25, 0.3) is 0 Å². The van der Waals surface area contributed by atoms with E-state index < -0.39 is 10.8 Å². The van der Waals surface area contributed by atoms with E-state index in [1.54, 1.807) is 6.92 Å². The molecule has 0 amide bonds. The van der Waals surface area contributed by atoms with Crippen molar-refractivity contribution in [1.29, 1.82) is 0 Å². The molecule has 0 aromatic rings. The summed E-state index contributed by atoms with van der Waals surface area (Å²) in [5.74, 6) is -1.02. The second-order valence-electron chi connectivity index (χ2n) is 1.90. The maximum atomic E-state index is 10.6. The summed E-state index contributed by atoms with van der Waals surface area (Å²) in [6, 6.07) is 0. The highest BCUT2D eigenvalue weighted by atomic mass is 79.9. The van der Waals surface area contributed by atoms with Crippen LogP contribution < -0.4 is 0 Å². The van der Waals surface area contributed by atoms with Gasteiger partial charge in [-0.25, -0.2) is 0 Å². The van der Waals surface area contributed by atoms with E-state index in [1.807, 2.05) is 0 Å². The number of carbonyl (C=O) groups is 2. The van der Waals surface area contributed by atoms with Crippen LogP contribution in [-0.4, -0.2) is 21.7 Å². The Morgan fingerprint density at radius 3 is 2.40 bits per heavy atom. The van der Waals surface area contributed by atoms with Crippen molar-refractivity contribution < 1.29 is 14.7 Å². The molecule has 3 nitrogen and oxygen atoms in total. The van der Waals surface area contributed by atoms with Gasteiger partial charge in [-0.2, -0.15) is 0 Å². The maximum absolute atomic E-state index is 10.6. The van der Waals surface area contributed by atoms with Crippen LogP contribution >= 0.6 is 15.9 Å². The topological polar surface area (TPSA) is 54.4 Å². The molecule has 1 atom stereocenters. The molecule has 0 fully saturated rings. The fraction of sp³-hybridized carbons (Fsp3) is 0.667. The molecule has 0 saturated carbocycles. The number of hydrogen-bond acceptors (Lipinski definition) is 2. The van der Waals surface area contributed by atoms with Crippen molar-refractivity contribution in [2.75, 3.05) is 0 Å². The van der Waals surface area contributed by atoms with Gasteiger partial charge in [-0.3, -0.25) is 9.59 Å². The van der Waals surface area contributed by atoms with Crippen molar-refractivity contribution in [3.05, 3.63) is 0 Å². The van der Waals surface area contributed by atoms with Gasteiger partial charge < -0.3 is 5.11 Å². The fourth-order valence-corrected chi connectivity index (χ4v) is 0.793. The summed E-state index contributed by atoms with van der Waals surface area (Å²) in [5, 5.41) is 8.33. The lowest BCUT2D eigenvalue weighted by Gasteiger charge is -1.99. The number of carbonyl (C=O) groups excluding carboxylic acids is 1. The van der Waals surface area contributed by atoms with Gasteiger partial charge in [0.1, 0.15) is 10.6 Å². The summed E-state index contributed by atoms with van der Waals surface area (Å²) < 4.78 is 0. The minimum absolute atomic E-state index is 0.0377. The predicted molar refractivity (Wildman–Crippen MR) is 40.3 cm³/mol. The molecule has 0 aromatic heterocycles. The smallest absolute Gasteiger partial charge is 0.317 e. The highest BCUT2D eigenvalue weighted by molar-refractivity contribution is 9.10. The standard InChI is InChI=1S/C6H9BrO3/c1-2-4(8)3-5(7)6(9)10/h5H,2-3H2,1H3,(H,9,10). The van der Waals surface area contributed by atoms with Crippen molar-refractivity contribution in [1.82, 2.24) is 0 Å². The second-order valence-corrected chi connectivity index (χ2v) is 3.01. The van der Waals surface area contributed by atoms with Crippen LogP contribution in [0.1, 0.15) is 19.8 Å². The third kappa shape index (κ3) is 3.61. The van der Waals surface area contributed by atoms with Crippen molar-refractivity contribution >= 4 is 27.7 Å². The summed E-state index contributed by atoms with van der Waals surface area (Å²) in [7, 11) is 0. The lowest BCUT2D eigenvalue weighted by atomic mass is 10.2. The quantitative estimate of drug-likeness (QED) is 0.707. The molecule has 0 bridgehead atoms. The van der Waals surface area contributed by atoms with E-state index in [0.29, 0.717) is 6.42 Å². The van der Waals surface area contributed by atoms with Crippen molar-refractivity contribution in [2.24, 2.45) is 0 Å². The van der Waals surface area contributed by atoms with Crippen LogP contribution in [0.4, 0.5) is 0 Å². The number of Topliss-reactive ketones (excluding diaryl/α,β-unsaturated/α-hetero) is 1. The monoisotopic (exact) mass is 208 g/mol. The van der Waals surface area contributed by atoms with E-state index in [-0.39, 0.29) is 12.2 Å². The number of rotatable bonds is 4. The van der Waals surface area contributed by atoms with Gasteiger partial charge in [0.05, 0.1) is 0 Å². The van der Waals surface area contributed by atoms with Crippen LogP contribution in [0.15, 0.2) is 0 Å². The Morgan fingerprint density at radius 2 is 2.10 bits per heavy atom. The molecular weight excluding hydrogens is 200 g/mol. The third-order valence-electron chi connectivity index (χ3n) is 1.07. The number of hydrogen-bond donors (Lipinski definition) is 1. The van der Waals surface area contributed by atoms with Crippen molar-refractivity contribution in [3.8, 4) is 0 Å². The molecule has 0 aliphatic carbocycles. The van der Waals surface area contributed by atoms with E-state index in [0.717, 1.165) is 0 Å². The fourth-order valence-electron chi connectivity index (χ4n) is 0.432. The maximum Gasteiger partial charge on any atom is 0.317 e. The first-order valence-corrected chi connectivity index (χ1v) is 3.88. The van der Waals surface area contributed by atoms with Crippen LogP contribution in [0.5, 0.6) is 0 Å². The van der Waals surface area contributed by atoms with E-state index in [2.05, 4.69) is 15.9 Å². The molecule has 0 aliphatic rings. The molecule has 4 heteroatoms. The molecule has 0 saturated heterocycles. The van der Waals surface area contributed by atoms with E-state index in [4.69, 9.17) is 5.11 Å². The van der Waals surface area contributed by atoms with Gasteiger partial charge in [0.15, 0.2) is 0 Å². The molecule has 1 unspecified atom stereocenters. The predicted octanol–water partition coefficient (Wildman–Crippen LogP) is 1.20. The van der Waals surface area contributed by atoms with Gasteiger partial charge in [-0.05, 0) is 0 Å². The molecule has 0 spiro atoms. The summed E-state index contributed by atoms with van der Waals surface area (Å²) in [5.41, 5.74) is 0. The molecule has 10 heavy (non-hydrogen) atoms. The van der Waals surface area contributed by atoms with Crippen molar-refractivity contribution in [2.45, 2.75) is 24.6 Å². The zero-order valence-corrected chi connectivity index (χ0v) is 7.22. The Morgan fingerprint density at radius 1 is 1.60 bits per heavy atom. The lowest BCUT2D eigenvalue weighted by molar-refractivity contribution is -0.137. The second kappa shape index (κ2) is 4.44. The van der Waals surface area contributed by atoms with Gasteiger partial charge in [-0.1, -0.05) is 22.9 Å². The van der Waals surface area contributed by atoms with Gasteiger partial charge in [0.25, 0.3) is 0 Å². The Bertz CT molecular complexity index is 144. The number of alkyl halides is 1. The summed E-state index contributed by atoms with van der Waals surface area (Å²) in [6.07, 6.45) is 0.473. The van der Waals surface area contributed by atoms with E-state index in [1.165, 1.54) is 0 Å². The van der Waals surface area contributed by atoms with Gasteiger partial charge >= 0.3 is 5.97 Å². The SMILES string of the molecule is CCC(=O)CC(Br)C(=O)O. The number of carboxylic acids is 1. The van der Waals surface area contributed by atoms with Crippen LogP contribution in [-0.2, 0) is 9.59 Å². The number of aliphatic carboxylic acids is 1. The molecule has 0 radical (unpaired) electrons. The third-order valence-corrected chi connectivity index (χ3v) is 1.78. The number of ketones is 1.